The van der Waals surface area contributed by atoms with Gasteiger partial charge < -0.3 is 23.9 Å². The molecule has 7 nitrogen and oxygen atoms in total. The second-order valence-corrected chi connectivity index (χ2v) is 6.92. The zero-order valence-corrected chi connectivity index (χ0v) is 17.6. The predicted molar refractivity (Wildman–Crippen MR) is 117 cm³/mol. The third kappa shape index (κ3) is 3.44. The largest absolute Gasteiger partial charge is 0.493 e. The van der Waals surface area contributed by atoms with Crippen molar-refractivity contribution in [1.82, 2.24) is 0 Å². The molecule has 158 valence electrons. The van der Waals surface area contributed by atoms with Gasteiger partial charge in [0.1, 0.15) is 5.58 Å². The van der Waals surface area contributed by atoms with Crippen LogP contribution in [0, 0.1) is 6.92 Å². The van der Waals surface area contributed by atoms with E-state index in [1.54, 1.807) is 0 Å². The van der Waals surface area contributed by atoms with Crippen LogP contribution in [-0.2, 0) is 4.74 Å². The molecule has 0 saturated carbocycles. The summed E-state index contributed by atoms with van der Waals surface area (Å²) in [7, 11) is 4.19. The van der Waals surface area contributed by atoms with Crippen molar-refractivity contribution in [2.24, 2.45) is 0 Å². The van der Waals surface area contributed by atoms with Crippen LogP contribution in [0.1, 0.15) is 26.5 Å². The minimum atomic E-state index is -0.622. The molecule has 0 saturated heterocycles. The summed E-state index contributed by atoms with van der Waals surface area (Å²) >= 11 is 0. The molecule has 1 N–H and O–H groups in total. The normalized spacial score (nSPS) is 10.8. The number of anilines is 1. The van der Waals surface area contributed by atoms with E-state index in [-0.39, 0.29) is 17.0 Å². The molecule has 0 bridgehead atoms. The smallest absolute Gasteiger partial charge is 0.340 e. The van der Waals surface area contributed by atoms with Gasteiger partial charge in [-0.05, 0) is 12.3 Å². The third-order valence-corrected chi connectivity index (χ3v) is 5.21. The topological polar surface area (TPSA) is 87.0 Å². The Kier molecular flexibility index (Phi) is 5.25. The van der Waals surface area contributed by atoms with E-state index in [4.69, 9.17) is 18.6 Å². The number of aryl methyl sites for hydroxylation is 1. The molecule has 7 heteroatoms. The summed E-state index contributed by atoms with van der Waals surface area (Å²) in [6.45, 7) is 1.82. The molecule has 0 aliphatic heterocycles. The van der Waals surface area contributed by atoms with Crippen LogP contribution in [0.15, 0.2) is 52.9 Å². The Labute approximate surface area is 178 Å². The standard InChI is InChI=1S/C24H21NO6/c1-13-15-10-9-14-7-5-6-8-16(14)22(15)31-21(13)23(26)25-18-12-20(29-3)19(28-2)11-17(18)24(27)30-4/h5-12H,1-4H3,(H,25,26). The van der Waals surface area contributed by atoms with Gasteiger partial charge in [0.25, 0.3) is 5.91 Å². The molecule has 1 amide bonds. The molecular formula is C24H21NO6. The Bertz CT molecular complexity index is 1320. The Morgan fingerprint density at radius 1 is 0.903 bits per heavy atom. The molecule has 0 aliphatic rings. The molecular weight excluding hydrogens is 398 g/mol. The Morgan fingerprint density at radius 2 is 1.61 bits per heavy atom. The zero-order chi connectivity index (χ0) is 22.1. The first kappa shape index (κ1) is 20.3. The van der Waals surface area contributed by atoms with Crippen LogP contribution in [0.2, 0.25) is 0 Å². The Morgan fingerprint density at radius 3 is 2.32 bits per heavy atom. The second kappa shape index (κ2) is 8.02. The first-order chi connectivity index (χ1) is 15.0. The van der Waals surface area contributed by atoms with Crippen molar-refractivity contribution in [3.63, 3.8) is 0 Å². The van der Waals surface area contributed by atoms with Crippen LogP contribution in [0.5, 0.6) is 11.5 Å². The van der Waals surface area contributed by atoms with E-state index in [0.29, 0.717) is 22.6 Å². The van der Waals surface area contributed by atoms with Gasteiger partial charge >= 0.3 is 5.97 Å². The summed E-state index contributed by atoms with van der Waals surface area (Å²) in [5.74, 6) is -0.249. The average Bonchev–Trinajstić information content (AvgIpc) is 3.15. The predicted octanol–water partition coefficient (Wildman–Crippen LogP) is 4.95. The van der Waals surface area contributed by atoms with Crippen LogP contribution >= 0.6 is 0 Å². The van der Waals surface area contributed by atoms with Crippen LogP contribution < -0.4 is 14.8 Å². The molecule has 1 heterocycles. The zero-order valence-electron chi connectivity index (χ0n) is 17.6. The first-order valence-electron chi connectivity index (χ1n) is 9.55. The minimum absolute atomic E-state index is 0.132. The van der Waals surface area contributed by atoms with E-state index >= 15 is 0 Å². The van der Waals surface area contributed by atoms with Gasteiger partial charge in [0.2, 0.25) is 0 Å². The number of amides is 1. The molecule has 0 spiro atoms. The van der Waals surface area contributed by atoms with Gasteiger partial charge in [0.05, 0.1) is 32.6 Å². The molecule has 0 unspecified atom stereocenters. The Hall–Kier alpha value is -4.00. The van der Waals surface area contributed by atoms with E-state index in [9.17, 15) is 9.59 Å². The summed E-state index contributed by atoms with van der Waals surface area (Å²) in [4.78, 5) is 25.4. The van der Waals surface area contributed by atoms with Gasteiger partial charge in [-0.15, -0.1) is 0 Å². The van der Waals surface area contributed by atoms with Gasteiger partial charge in [-0.25, -0.2) is 4.79 Å². The van der Waals surface area contributed by atoms with E-state index in [0.717, 1.165) is 16.2 Å². The molecule has 31 heavy (non-hydrogen) atoms. The fourth-order valence-electron chi connectivity index (χ4n) is 3.61. The van der Waals surface area contributed by atoms with Crippen molar-refractivity contribution in [3.05, 3.63) is 65.4 Å². The van der Waals surface area contributed by atoms with E-state index in [1.165, 1.54) is 33.5 Å². The summed E-state index contributed by atoms with van der Waals surface area (Å²) < 4.78 is 21.4. The van der Waals surface area contributed by atoms with Crippen molar-refractivity contribution in [2.45, 2.75) is 6.92 Å². The number of benzene rings is 3. The molecule has 0 fully saturated rings. The summed E-state index contributed by atoms with van der Waals surface area (Å²) in [5, 5.41) is 5.54. The molecule has 4 rings (SSSR count). The fraction of sp³-hybridized carbons (Fsp3) is 0.167. The number of fused-ring (bicyclic) bond motifs is 3. The Balaban J connectivity index is 1.79. The number of ether oxygens (including phenoxy) is 3. The molecule has 4 aromatic rings. The number of furan rings is 1. The number of carbonyl (C=O) groups excluding carboxylic acids is 2. The molecule has 0 atom stereocenters. The quantitative estimate of drug-likeness (QED) is 0.461. The molecule has 3 aromatic carbocycles. The maximum Gasteiger partial charge on any atom is 0.340 e. The fourth-order valence-corrected chi connectivity index (χ4v) is 3.61. The van der Waals surface area contributed by atoms with Crippen LogP contribution in [0.4, 0.5) is 5.69 Å². The number of esters is 1. The van der Waals surface area contributed by atoms with Gasteiger partial charge in [-0.2, -0.15) is 0 Å². The first-order valence-corrected chi connectivity index (χ1v) is 9.55. The van der Waals surface area contributed by atoms with E-state index < -0.39 is 11.9 Å². The number of nitrogens with one attached hydrogen (secondary N) is 1. The van der Waals surface area contributed by atoms with Crippen molar-refractivity contribution in [2.75, 3.05) is 26.6 Å². The summed E-state index contributed by atoms with van der Waals surface area (Å²) in [5.41, 5.74) is 1.70. The van der Waals surface area contributed by atoms with Crippen LogP contribution in [0.25, 0.3) is 21.7 Å². The van der Waals surface area contributed by atoms with Gasteiger partial charge in [0.15, 0.2) is 17.3 Å². The summed E-state index contributed by atoms with van der Waals surface area (Å²) in [6, 6.07) is 14.7. The average molecular weight is 419 g/mol. The highest BCUT2D eigenvalue weighted by atomic mass is 16.5. The molecule has 0 aliphatic carbocycles. The minimum Gasteiger partial charge on any atom is -0.493 e. The lowest BCUT2D eigenvalue weighted by Gasteiger charge is -2.14. The number of methoxy groups -OCH3 is 3. The van der Waals surface area contributed by atoms with Gasteiger partial charge in [-0.1, -0.05) is 36.4 Å². The van der Waals surface area contributed by atoms with Crippen molar-refractivity contribution >= 4 is 39.3 Å². The van der Waals surface area contributed by atoms with Crippen LogP contribution in [0.3, 0.4) is 0 Å². The van der Waals surface area contributed by atoms with Crippen molar-refractivity contribution < 1.29 is 28.2 Å². The highest BCUT2D eigenvalue weighted by molar-refractivity contribution is 6.13. The number of rotatable bonds is 5. The maximum absolute atomic E-state index is 13.1. The number of hydrogen-bond acceptors (Lipinski definition) is 6. The van der Waals surface area contributed by atoms with Crippen molar-refractivity contribution in [3.8, 4) is 11.5 Å². The second-order valence-electron chi connectivity index (χ2n) is 6.92. The van der Waals surface area contributed by atoms with E-state index in [1.807, 2.05) is 43.3 Å². The molecule has 1 aromatic heterocycles. The summed E-state index contributed by atoms with van der Waals surface area (Å²) in [6.07, 6.45) is 0. The highest BCUT2D eigenvalue weighted by Gasteiger charge is 2.23. The maximum atomic E-state index is 13.1. The van der Waals surface area contributed by atoms with Crippen LogP contribution in [-0.4, -0.2) is 33.2 Å². The third-order valence-electron chi connectivity index (χ3n) is 5.21. The van der Waals surface area contributed by atoms with Gasteiger partial charge in [-0.3, -0.25) is 4.79 Å². The SMILES string of the molecule is COC(=O)c1cc(OC)c(OC)cc1NC(=O)c1oc2c(ccc3ccccc32)c1C. The lowest BCUT2D eigenvalue weighted by molar-refractivity contribution is 0.0601. The van der Waals surface area contributed by atoms with Gasteiger partial charge in [0, 0.05) is 28.5 Å². The highest BCUT2D eigenvalue weighted by Crippen LogP contribution is 2.35. The number of carbonyl (C=O) groups is 2. The number of hydrogen-bond donors (Lipinski definition) is 1. The molecule has 0 radical (unpaired) electrons. The lowest BCUT2D eigenvalue weighted by atomic mass is 10.1. The van der Waals surface area contributed by atoms with E-state index in [2.05, 4.69) is 5.32 Å². The monoisotopic (exact) mass is 419 g/mol. The lowest BCUT2D eigenvalue weighted by Crippen LogP contribution is -2.16. The van der Waals surface area contributed by atoms with Crippen molar-refractivity contribution in [1.29, 1.82) is 0 Å².